The van der Waals surface area contributed by atoms with Crippen molar-refractivity contribution in [3.8, 4) is 5.75 Å². The van der Waals surface area contributed by atoms with E-state index in [-0.39, 0.29) is 30.6 Å². The molecule has 2 fully saturated rings. The summed E-state index contributed by atoms with van der Waals surface area (Å²) in [7, 11) is 0. The number of hydrogen-bond donors (Lipinski definition) is 3. The molecule has 2 heterocycles. The van der Waals surface area contributed by atoms with E-state index in [9.17, 15) is 4.79 Å². The molecule has 0 saturated carbocycles. The molecule has 1 aromatic rings. The molecule has 3 atom stereocenters. The zero-order valence-electron chi connectivity index (χ0n) is 14.9. The zero-order valence-corrected chi connectivity index (χ0v) is 17.3. The van der Waals surface area contributed by atoms with Gasteiger partial charge in [0.1, 0.15) is 5.75 Å². The Labute approximate surface area is 171 Å². The van der Waals surface area contributed by atoms with Gasteiger partial charge in [-0.1, -0.05) is 12.1 Å². The molecule has 26 heavy (non-hydrogen) atoms. The van der Waals surface area contributed by atoms with Crippen LogP contribution in [0.25, 0.3) is 0 Å². The van der Waals surface area contributed by atoms with Crippen molar-refractivity contribution >= 4 is 35.8 Å². The van der Waals surface area contributed by atoms with Crippen LogP contribution in [0.2, 0.25) is 0 Å². The summed E-state index contributed by atoms with van der Waals surface area (Å²) in [5, 5.41) is 6.78. The molecule has 4 N–H and O–H groups in total. The van der Waals surface area contributed by atoms with Crippen molar-refractivity contribution in [2.45, 2.75) is 51.0 Å². The van der Waals surface area contributed by atoms with Gasteiger partial charge in [0.15, 0.2) is 12.6 Å². The maximum atomic E-state index is 10.8. The van der Waals surface area contributed by atoms with Crippen LogP contribution in [0.15, 0.2) is 29.3 Å². The van der Waals surface area contributed by atoms with Crippen molar-refractivity contribution in [2.24, 2.45) is 10.7 Å². The van der Waals surface area contributed by atoms with Crippen LogP contribution in [0.1, 0.15) is 31.7 Å². The molecule has 1 amide bonds. The lowest BCUT2D eigenvalue weighted by Gasteiger charge is -2.22. The molecule has 2 aliphatic heterocycles. The molecule has 1 aromatic carbocycles. The Morgan fingerprint density at radius 2 is 2.27 bits per heavy atom. The number of aliphatic imine (C=N–C) groups is 1. The highest BCUT2D eigenvalue weighted by Crippen LogP contribution is 2.34. The smallest absolute Gasteiger partial charge is 0.255 e. The van der Waals surface area contributed by atoms with Crippen LogP contribution in [0.5, 0.6) is 5.75 Å². The monoisotopic (exact) mass is 474 g/mol. The third-order valence-corrected chi connectivity index (χ3v) is 4.47. The van der Waals surface area contributed by atoms with Gasteiger partial charge in [0.05, 0.1) is 24.8 Å². The zero-order chi connectivity index (χ0) is 17.6. The Morgan fingerprint density at radius 3 is 2.92 bits per heavy atom. The molecule has 8 heteroatoms. The van der Waals surface area contributed by atoms with Crippen LogP contribution >= 0.6 is 24.0 Å². The number of benzene rings is 1. The average Bonchev–Trinajstić information content (AvgIpc) is 3.21. The van der Waals surface area contributed by atoms with Crippen molar-refractivity contribution in [1.29, 1.82) is 0 Å². The Kier molecular flexibility index (Phi) is 7.95. The summed E-state index contributed by atoms with van der Waals surface area (Å²) >= 11 is 0. The van der Waals surface area contributed by atoms with Crippen molar-refractivity contribution < 1.29 is 14.3 Å². The molecule has 2 aliphatic rings. The Morgan fingerprint density at radius 1 is 1.42 bits per heavy atom. The molecule has 0 spiro atoms. The van der Waals surface area contributed by atoms with E-state index in [1.165, 1.54) is 6.42 Å². The van der Waals surface area contributed by atoms with Crippen LogP contribution in [0.3, 0.4) is 0 Å². The highest BCUT2D eigenvalue weighted by molar-refractivity contribution is 14.0. The Balaban J connectivity index is 0.00000243. The minimum atomic E-state index is -0.491. The van der Waals surface area contributed by atoms with Gasteiger partial charge in [-0.3, -0.25) is 4.79 Å². The minimum absolute atomic E-state index is 0. The van der Waals surface area contributed by atoms with Gasteiger partial charge in [-0.25, -0.2) is 4.99 Å². The molecule has 0 radical (unpaired) electrons. The van der Waals surface area contributed by atoms with Crippen molar-refractivity contribution in [1.82, 2.24) is 10.6 Å². The van der Waals surface area contributed by atoms with Crippen molar-refractivity contribution in [2.75, 3.05) is 13.2 Å². The number of rotatable bonds is 7. The Hall–Kier alpha value is -1.55. The summed E-state index contributed by atoms with van der Waals surface area (Å²) in [5.74, 6) is 0.924. The lowest BCUT2D eigenvalue weighted by Crippen LogP contribution is -2.47. The highest BCUT2D eigenvalue weighted by Gasteiger charge is 2.41. The number of ether oxygens (including phenoxy) is 2. The van der Waals surface area contributed by atoms with E-state index in [2.05, 4.69) is 15.6 Å². The number of hydrogen-bond acceptors (Lipinski definition) is 4. The van der Waals surface area contributed by atoms with Crippen LogP contribution in [0, 0.1) is 0 Å². The van der Waals surface area contributed by atoms with E-state index in [1.807, 2.05) is 25.1 Å². The van der Waals surface area contributed by atoms with E-state index in [1.54, 1.807) is 6.07 Å². The average molecular weight is 474 g/mol. The van der Waals surface area contributed by atoms with E-state index >= 15 is 0 Å². The first kappa shape index (κ1) is 20.8. The van der Waals surface area contributed by atoms with Gasteiger partial charge in [-0.15, -0.1) is 24.0 Å². The number of primary amides is 1. The first-order valence-electron chi connectivity index (χ1n) is 8.84. The van der Waals surface area contributed by atoms with Gasteiger partial charge in [-0.05, 0) is 43.9 Å². The van der Waals surface area contributed by atoms with E-state index < -0.39 is 5.91 Å². The standard InChI is InChI=1S/C18H26N4O3.HI/c1-2-20-18(22-15-9-14-6-7-16(15)25-14)21-10-12-4-3-5-13(8-12)24-11-17(19)23;/h3-5,8,14-16H,2,6-7,9-11H2,1H3,(H2,19,23)(H2,20,21,22);1H. The summed E-state index contributed by atoms with van der Waals surface area (Å²) in [4.78, 5) is 15.5. The Bertz CT molecular complexity index is 641. The van der Waals surface area contributed by atoms with Gasteiger partial charge >= 0.3 is 0 Å². The number of nitrogens with two attached hydrogens (primary N) is 1. The molecule has 0 aromatic heterocycles. The topological polar surface area (TPSA) is 98.0 Å². The molecular formula is C18H27IN4O3. The number of guanidine groups is 1. The fourth-order valence-corrected chi connectivity index (χ4v) is 3.34. The van der Waals surface area contributed by atoms with Crippen molar-refractivity contribution in [3.63, 3.8) is 0 Å². The summed E-state index contributed by atoms with van der Waals surface area (Å²) in [5.41, 5.74) is 6.10. The third-order valence-electron chi connectivity index (χ3n) is 4.47. The quantitative estimate of drug-likeness (QED) is 0.317. The predicted molar refractivity (Wildman–Crippen MR) is 111 cm³/mol. The number of carbonyl (C=O) groups excluding carboxylic acids is 1. The number of nitrogens with one attached hydrogen (secondary N) is 2. The fourth-order valence-electron chi connectivity index (χ4n) is 3.34. The number of nitrogens with zero attached hydrogens (tertiary/aromatic N) is 1. The summed E-state index contributed by atoms with van der Waals surface area (Å²) in [6.07, 6.45) is 4.06. The van der Waals surface area contributed by atoms with Crippen LogP contribution in [0.4, 0.5) is 0 Å². The van der Waals surface area contributed by atoms with Crippen LogP contribution < -0.4 is 21.1 Å². The van der Waals surface area contributed by atoms with Crippen LogP contribution in [-0.4, -0.2) is 43.3 Å². The molecule has 2 saturated heterocycles. The first-order chi connectivity index (χ1) is 12.1. The molecule has 0 aliphatic carbocycles. The first-order valence-corrected chi connectivity index (χ1v) is 8.84. The second-order valence-electron chi connectivity index (χ2n) is 6.46. The molecule has 144 valence electrons. The SMILES string of the molecule is CCNC(=NCc1cccc(OCC(N)=O)c1)NC1CC2CCC1O2.I. The molecule has 7 nitrogen and oxygen atoms in total. The van der Waals surface area contributed by atoms with Gasteiger partial charge in [0, 0.05) is 6.54 Å². The predicted octanol–water partition coefficient (Wildman–Crippen LogP) is 1.54. The normalized spacial score (nSPS) is 24.0. The largest absolute Gasteiger partial charge is 0.484 e. The number of fused-ring (bicyclic) bond motifs is 2. The maximum absolute atomic E-state index is 10.8. The van der Waals surface area contributed by atoms with Gasteiger partial charge in [0.25, 0.3) is 5.91 Å². The molecule has 3 unspecified atom stereocenters. The fraction of sp³-hybridized carbons (Fsp3) is 0.556. The number of amides is 1. The number of carbonyl (C=O) groups is 1. The number of halogens is 1. The van der Waals surface area contributed by atoms with Crippen LogP contribution in [-0.2, 0) is 16.1 Å². The van der Waals surface area contributed by atoms with E-state index in [0.717, 1.165) is 30.9 Å². The second-order valence-corrected chi connectivity index (χ2v) is 6.46. The van der Waals surface area contributed by atoms with Crippen molar-refractivity contribution in [3.05, 3.63) is 29.8 Å². The molecule has 3 rings (SSSR count). The summed E-state index contributed by atoms with van der Waals surface area (Å²) in [6.45, 7) is 3.24. The highest BCUT2D eigenvalue weighted by atomic mass is 127. The minimum Gasteiger partial charge on any atom is -0.484 e. The van der Waals surface area contributed by atoms with E-state index in [4.69, 9.17) is 15.2 Å². The summed E-state index contributed by atoms with van der Waals surface area (Å²) in [6, 6.07) is 7.86. The summed E-state index contributed by atoms with van der Waals surface area (Å²) < 4.78 is 11.2. The van der Waals surface area contributed by atoms with Gasteiger partial charge < -0.3 is 25.8 Å². The second kappa shape index (κ2) is 9.96. The van der Waals surface area contributed by atoms with Gasteiger partial charge in [-0.2, -0.15) is 0 Å². The van der Waals surface area contributed by atoms with Gasteiger partial charge in [0.2, 0.25) is 0 Å². The van der Waals surface area contributed by atoms with E-state index in [0.29, 0.717) is 30.5 Å². The molecular weight excluding hydrogens is 447 g/mol. The molecule has 2 bridgehead atoms. The lowest BCUT2D eigenvalue weighted by molar-refractivity contribution is -0.119. The third kappa shape index (κ3) is 5.73. The maximum Gasteiger partial charge on any atom is 0.255 e. The lowest BCUT2D eigenvalue weighted by atomic mass is 9.96.